The van der Waals surface area contributed by atoms with Crippen molar-refractivity contribution in [3.8, 4) is 11.3 Å². The molecule has 122 valence electrons. The number of nitrogens with one attached hydrogen (secondary N) is 1. The van der Waals surface area contributed by atoms with E-state index in [4.69, 9.17) is 4.42 Å². The molecule has 0 aliphatic rings. The van der Waals surface area contributed by atoms with Gasteiger partial charge in [-0.25, -0.2) is 0 Å². The smallest absolute Gasteiger partial charge is 0.224 e. The SMILES string of the molecule is Cc1cccc(C)c1NC(=O)CCc1ccc(-c2ccccc2)o1. The highest BCUT2D eigenvalue weighted by Gasteiger charge is 2.10. The maximum absolute atomic E-state index is 12.2. The van der Waals surface area contributed by atoms with Crippen LogP contribution in [0.2, 0.25) is 0 Å². The van der Waals surface area contributed by atoms with Crippen LogP contribution in [0, 0.1) is 13.8 Å². The minimum atomic E-state index is 0.00469. The molecule has 3 rings (SSSR count). The van der Waals surface area contributed by atoms with Crippen molar-refractivity contribution in [1.29, 1.82) is 0 Å². The Bertz CT molecular complexity index is 814. The van der Waals surface area contributed by atoms with E-state index in [1.807, 2.05) is 74.5 Å². The number of anilines is 1. The highest BCUT2D eigenvalue weighted by Crippen LogP contribution is 2.23. The molecule has 1 heterocycles. The molecule has 0 spiro atoms. The number of hydrogen-bond donors (Lipinski definition) is 1. The number of carbonyl (C=O) groups is 1. The van der Waals surface area contributed by atoms with Crippen LogP contribution in [0.1, 0.15) is 23.3 Å². The Morgan fingerprint density at radius 2 is 1.62 bits per heavy atom. The lowest BCUT2D eigenvalue weighted by Crippen LogP contribution is -2.14. The van der Waals surface area contributed by atoms with Gasteiger partial charge in [0.05, 0.1) is 0 Å². The zero-order chi connectivity index (χ0) is 16.9. The van der Waals surface area contributed by atoms with Crippen LogP contribution < -0.4 is 5.32 Å². The lowest BCUT2D eigenvalue weighted by Gasteiger charge is -2.11. The Balaban J connectivity index is 1.60. The monoisotopic (exact) mass is 319 g/mol. The standard InChI is InChI=1S/C21H21NO2/c1-15-7-6-8-16(2)21(15)22-20(23)14-12-18-11-13-19(24-18)17-9-4-3-5-10-17/h3-11,13H,12,14H2,1-2H3,(H,22,23). The van der Waals surface area contributed by atoms with E-state index >= 15 is 0 Å². The molecule has 0 fully saturated rings. The molecule has 0 aliphatic carbocycles. The fourth-order valence-corrected chi connectivity index (χ4v) is 2.72. The molecule has 2 aromatic carbocycles. The summed E-state index contributed by atoms with van der Waals surface area (Å²) in [6.07, 6.45) is 0.985. The van der Waals surface area contributed by atoms with Crippen LogP contribution in [-0.2, 0) is 11.2 Å². The van der Waals surface area contributed by atoms with E-state index in [9.17, 15) is 4.79 Å². The molecule has 3 aromatic rings. The second-order valence-corrected chi connectivity index (χ2v) is 5.95. The van der Waals surface area contributed by atoms with Gasteiger partial charge in [0.15, 0.2) is 0 Å². The van der Waals surface area contributed by atoms with E-state index in [-0.39, 0.29) is 5.91 Å². The number of amides is 1. The van der Waals surface area contributed by atoms with Crippen LogP contribution >= 0.6 is 0 Å². The molecular formula is C21H21NO2. The number of para-hydroxylation sites is 1. The third-order valence-electron chi connectivity index (χ3n) is 4.06. The summed E-state index contributed by atoms with van der Waals surface area (Å²) < 4.78 is 5.84. The minimum Gasteiger partial charge on any atom is -0.461 e. The number of aryl methyl sites for hydroxylation is 3. The first-order chi connectivity index (χ1) is 11.6. The van der Waals surface area contributed by atoms with Crippen molar-refractivity contribution in [1.82, 2.24) is 0 Å². The quantitative estimate of drug-likeness (QED) is 0.708. The van der Waals surface area contributed by atoms with Crippen LogP contribution in [-0.4, -0.2) is 5.91 Å². The van der Waals surface area contributed by atoms with E-state index in [1.54, 1.807) is 0 Å². The van der Waals surface area contributed by atoms with Crippen molar-refractivity contribution in [3.63, 3.8) is 0 Å². The van der Waals surface area contributed by atoms with Crippen molar-refractivity contribution < 1.29 is 9.21 Å². The van der Waals surface area contributed by atoms with Gasteiger partial charge in [0.2, 0.25) is 5.91 Å². The highest BCUT2D eigenvalue weighted by atomic mass is 16.3. The van der Waals surface area contributed by atoms with Crippen molar-refractivity contribution in [2.45, 2.75) is 26.7 Å². The summed E-state index contributed by atoms with van der Waals surface area (Å²) >= 11 is 0. The van der Waals surface area contributed by atoms with Crippen LogP contribution in [0.25, 0.3) is 11.3 Å². The normalized spacial score (nSPS) is 10.6. The average Bonchev–Trinajstić information content (AvgIpc) is 3.06. The van der Waals surface area contributed by atoms with E-state index in [0.717, 1.165) is 33.9 Å². The zero-order valence-electron chi connectivity index (χ0n) is 14.0. The largest absolute Gasteiger partial charge is 0.461 e. The summed E-state index contributed by atoms with van der Waals surface area (Å²) in [6.45, 7) is 4.00. The van der Waals surface area contributed by atoms with Crippen molar-refractivity contribution >= 4 is 11.6 Å². The number of benzene rings is 2. The van der Waals surface area contributed by atoms with Gasteiger partial charge in [-0.1, -0.05) is 48.5 Å². The minimum absolute atomic E-state index is 0.00469. The predicted molar refractivity (Wildman–Crippen MR) is 97.0 cm³/mol. The predicted octanol–water partition coefficient (Wildman–Crippen LogP) is 5.13. The van der Waals surface area contributed by atoms with Gasteiger partial charge in [-0.2, -0.15) is 0 Å². The molecular weight excluding hydrogens is 298 g/mol. The first kappa shape index (κ1) is 16.1. The third kappa shape index (κ3) is 3.74. The van der Waals surface area contributed by atoms with Gasteiger partial charge in [-0.05, 0) is 37.1 Å². The van der Waals surface area contributed by atoms with E-state index in [1.165, 1.54) is 0 Å². The molecule has 24 heavy (non-hydrogen) atoms. The summed E-state index contributed by atoms with van der Waals surface area (Å²) in [5.41, 5.74) is 4.11. The molecule has 3 nitrogen and oxygen atoms in total. The van der Waals surface area contributed by atoms with Gasteiger partial charge in [-0.15, -0.1) is 0 Å². The van der Waals surface area contributed by atoms with E-state index in [2.05, 4.69) is 5.32 Å². The summed E-state index contributed by atoms with van der Waals surface area (Å²) in [5.74, 6) is 1.66. The molecule has 0 unspecified atom stereocenters. The van der Waals surface area contributed by atoms with Gasteiger partial charge >= 0.3 is 0 Å². The van der Waals surface area contributed by atoms with Gasteiger partial charge in [0.25, 0.3) is 0 Å². The van der Waals surface area contributed by atoms with Crippen LogP contribution in [0.5, 0.6) is 0 Å². The summed E-state index contributed by atoms with van der Waals surface area (Å²) in [5, 5.41) is 3.01. The van der Waals surface area contributed by atoms with Crippen LogP contribution in [0.4, 0.5) is 5.69 Å². The van der Waals surface area contributed by atoms with Crippen molar-refractivity contribution in [2.75, 3.05) is 5.32 Å². The van der Waals surface area contributed by atoms with Gasteiger partial charge in [0.1, 0.15) is 11.5 Å². The summed E-state index contributed by atoms with van der Waals surface area (Å²) in [6, 6.07) is 19.8. The van der Waals surface area contributed by atoms with Gasteiger partial charge in [0, 0.05) is 24.1 Å². The fraction of sp³-hybridized carbons (Fsp3) is 0.190. The van der Waals surface area contributed by atoms with Gasteiger partial charge < -0.3 is 9.73 Å². The third-order valence-corrected chi connectivity index (χ3v) is 4.06. The first-order valence-electron chi connectivity index (χ1n) is 8.13. The maximum atomic E-state index is 12.2. The molecule has 3 heteroatoms. The second-order valence-electron chi connectivity index (χ2n) is 5.95. The number of furan rings is 1. The molecule has 0 saturated heterocycles. The Kier molecular flexibility index (Phi) is 4.80. The lowest BCUT2D eigenvalue weighted by molar-refractivity contribution is -0.116. The highest BCUT2D eigenvalue weighted by molar-refractivity contribution is 5.92. The van der Waals surface area contributed by atoms with Crippen LogP contribution in [0.3, 0.4) is 0 Å². The zero-order valence-corrected chi connectivity index (χ0v) is 14.0. The van der Waals surface area contributed by atoms with Crippen molar-refractivity contribution in [2.24, 2.45) is 0 Å². The first-order valence-corrected chi connectivity index (χ1v) is 8.13. The average molecular weight is 319 g/mol. The molecule has 0 atom stereocenters. The molecule has 0 radical (unpaired) electrons. The Morgan fingerprint density at radius 3 is 2.33 bits per heavy atom. The lowest BCUT2D eigenvalue weighted by atomic mass is 10.1. The molecule has 0 aliphatic heterocycles. The Morgan fingerprint density at radius 1 is 0.917 bits per heavy atom. The molecule has 1 N–H and O–H groups in total. The molecule has 0 saturated carbocycles. The Labute approximate surface area is 142 Å². The van der Waals surface area contributed by atoms with E-state index in [0.29, 0.717) is 12.8 Å². The maximum Gasteiger partial charge on any atom is 0.224 e. The van der Waals surface area contributed by atoms with Gasteiger partial charge in [-0.3, -0.25) is 4.79 Å². The van der Waals surface area contributed by atoms with E-state index < -0.39 is 0 Å². The number of carbonyl (C=O) groups excluding carboxylic acids is 1. The Hall–Kier alpha value is -2.81. The molecule has 1 aromatic heterocycles. The fourth-order valence-electron chi connectivity index (χ4n) is 2.72. The topological polar surface area (TPSA) is 42.2 Å². The van der Waals surface area contributed by atoms with Crippen molar-refractivity contribution in [3.05, 3.63) is 77.6 Å². The number of hydrogen-bond acceptors (Lipinski definition) is 2. The molecule has 1 amide bonds. The summed E-state index contributed by atoms with van der Waals surface area (Å²) in [7, 11) is 0. The second kappa shape index (κ2) is 7.18. The number of rotatable bonds is 5. The molecule has 0 bridgehead atoms. The summed E-state index contributed by atoms with van der Waals surface area (Å²) in [4.78, 5) is 12.2. The van der Waals surface area contributed by atoms with Crippen LogP contribution in [0.15, 0.2) is 65.1 Å².